The molecule has 0 aliphatic carbocycles. The predicted octanol–water partition coefficient (Wildman–Crippen LogP) is 2.83. The van der Waals surface area contributed by atoms with Gasteiger partial charge in [0.05, 0.1) is 0 Å². The average molecular weight is 235 g/mol. The van der Waals surface area contributed by atoms with Crippen LogP contribution in [-0.2, 0) is 0 Å². The molecule has 1 rings (SSSR count). The smallest absolute Gasteiger partial charge is 0.133 e. The number of nitrogens with zero attached hydrogens (tertiary/aromatic N) is 2. The minimum absolute atomic E-state index is 0.369. The molecule has 2 atom stereocenters. The van der Waals surface area contributed by atoms with E-state index in [-0.39, 0.29) is 0 Å². The van der Waals surface area contributed by atoms with Crippen LogP contribution in [0.25, 0.3) is 0 Å². The van der Waals surface area contributed by atoms with Crippen LogP contribution in [0.5, 0.6) is 0 Å². The van der Waals surface area contributed by atoms with Gasteiger partial charge in [0.15, 0.2) is 0 Å². The second kappa shape index (κ2) is 6.10. The van der Waals surface area contributed by atoms with Crippen LogP contribution < -0.4 is 5.32 Å². The predicted molar refractivity (Wildman–Crippen MR) is 72.2 cm³/mol. The zero-order valence-corrected chi connectivity index (χ0v) is 11.9. The summed E-state index contributed by atoms with van der Waals surface area (Å²) in [5.74, 6) is 1.88. The molecule has 0 radical (unpaired) electrons. The topological polar surface area (TPSA) is 37.8 Å². The van der Waals surface area contributed by atoms with Gasteiger partial charge in [0, 0.05) is 23.3 Å². The van der Waals surface area contributed by atoms with Crippen LogP contribution in [0, 0.1) is 19.8 Å². The minimum atomic E-state index is 0.369. The van der Waals surface area contributed by atoms with Gasteiger partial charge in [0.1, 0.15) is 5.82 Å². The molecule has 0 aromatic carbocycles. The maximum atomic E-state index is 4.61. The minimum Gasteiger partial charge on any atom is -0.314 e. The molecule has 1 aromatic rings. The molecule has 0 fully saturated rings. The van der Waals surface area contributed by atoms with Gasteiger partial charge in [-0.05, 0) is 39.3 Å². The molecule has 0 saturated heterocycles. The summed E-state index contributed by atoms with van der Waals surface area (Å²) in [7, 11) is 0. The van der Waals surface area contributed by atoms with Gasteiger partial charge in [0.2, 0.25) is 0 Å². The molecule has 17 heavy (non-hydrogen) atoms. The van der Waals surface area contributed by atoms with E-state index in [1.54, 1.807) is 0 Å². The number of hydrogen-bond acceptors (Lipinski definition) is 3. The first-order valence-corrected chi connectivity index (χ1v) is 6.51. The Bertz CT molecular complexity index is 340. The summed E-state index contributed by atoms with van der Waals surface area (Å²) in [6.45, 7) is 13.9. The second-order valence-corrected chi connectivity index (χ2v) is 5.13. The van der Waals surface area contributed by atoms with Crippen LogP contribution in [0.3, 0.4) is 0 Å². The van der Waals surface area contributed by atoms with Crippen molar-refractivity contribution in [2.45, 2.75) is 53.5 Å². The van der Waals surface area contributed by atoms with E-state index in [2.05, 4.69) is 43.0 Å². The monoisotopic (exact) mass is 235 g/mol. The SMILES string of the molecule is CCNC(C)C(c1nc(C)cc(C)n1)C(C)C. The molecule has 0 amide bonds. The Kier molecular flexibility index (Phi) is 5.06. The maximum Gasteiger partial charge on any atom is 0.133 e. The Hall–Kier alpha value is -0.960. The number of hydrogen-bond donors (Lipinski definition) is 1. The third-order valence-corrected chi connectivity index (χ3v) is 3.08. The van der Waals surface area contributed by atoms with E-state index < -0.39 is 0 Å². The van der Waals surface area contributed by atoms with E-state index >= 15 is 0 Å². The lowest BCUT2D eigenvalue weighted by Crippen LogP contribution is -2.35. The van der Waals surface area contributed by atoms with Gasteiger partial charge in [0.25, 0.3) is 0 Å². The zero-order valence-electron chi connectivity index (χ0n) is 11.9. The van der Waals surface area contributed by atoms with Gasteiger partial charge < -0.3 is 5.32 Å². The normalized spacial score (nSPS) is 15.0. The van der Waals surface area contributed by atoms with Crippen LogP contribution in [0.15, 0.2) is 6.07 Å². The van der Waals surface area contributed by atoms with Crippen molar-refractivity contribution in [3.05, 3.63) is 23.3 Å². The molecule has 96 valence electrons. The Labute approximate surface area is 105 Å². The molecule has 0 aliphatic rings. The first-order valence-electron chi connectivity index (χ1n) is 6.51. The molecule has 0 bridgehead atoms. The Balaban J connectivity index is 3.04. The van der Waals surface area contributed by atoms with Gasteiger partial charge in [-0.2, -0.15) is 0 Å². The molecule has 1 heterocycles. The van der Waals surface area contributed by atoms with E-state index in [4.69, 9.17) is 0 Å². The van der Waals surface area contributed by atoms with E-state index in [1.807, 2.05) is 19.9 Å². The fourth-order valence-corrected chi connectivity index (χ4v) is 2.45. The third kappa shape index (κ3) is 3.77. The van der Waals surface area contributed by atoms with Gasteiger partial charge >= 0.3 is 0 Å². The lowest BCUT2D eigenvalue weighted by molar-refractivity contribution is 0.367. The van der Waals surface area contributed by atoms with Crippen molar-refractivity contribution in [1.29, 1.82) is 0 Å². The third-order valence-electron chi connectivity index (χ3n) is 3.08. The molecular formula is C14H25N3. The van der Waals surface area contributed by atoms with E-state index in [0.29, 0.717) is 17.9 Å². The van der Waals surface area contributed by atoms with Gasteiger partial charge in [-0.15, -0.1) is 0 Å². The molecule has 3 heteroatoms. The van der Waals surface area contributed by atoms with Crippen molar-refractivity contribution in [2.24, 2.45) is 5.92 Å². The highest BCUT2D eigenvalue weighted by molar-refractivity contribution is 5.12. The summed E-state index contributed by atoms with van der Waals surface area (Å²) in [6, 6.07) is 2.43. The number of aryl methyl sites for hydroxylation is 2. The van der Waals surface area contributed by atoms with Gasteiger partial charge in [-0.3, -0.25) is 0 Å². The zero-order chi connectivity index (χ0) is 13.0. The molecule has 3 nitrogen and oxygen atoms in total. The average Bonchev–Trinajstić information content (AvgIpc) is 2.15. The number of nitrogens with one attached hydrogen (secondary N) is 1. The van der Waals surface area contributed by atoms with Crippen molar-refractivity contribution in [1.82, 2.24) is 15.3 Å². The lowest BCUT2D eigenvalue weighted by Gasteiger charge is -2.27. The van der Waals surface area contributed by atoms with Crippen molar-refractivity contribution in [3.8, 4) is 0 Å². The van der Waals surface area contributed by atoms with Crippen LogP contribution >= 0.6 is 0 Å². The summed E-state index contributed by atoms with van der Waals surface area (Å²) < 4.78 is 0. The molecule has 0 spiro atoms. The van der Waals surface area contributed by atoms with Gasteiger partial charge in [-0.25, -0.2) is 9.97 Å². The van der Waals surface area contributed by atoms with Crippen molar-refractivity contribution in [3.63, 3.8) is 0 Å². The molecule has 1 aromatic heterocycles. The fourth-order valence-electron chi connectivity index (χ4n) is 2.45. The summed E-state index contributed by atoms with van der Waals surface area (Å²) in [5, 5.41) is 3.48. The molecule has 2 unspecified atom stereocenters. The van der Waals surface area contributed by atoms with Crippen LogP contribution in [0.4, 0.5) is 0 Å². The van der Waals surface area contributed by atoms with E-state index in [9.17, 15) is 0 Å². The van der Waals surface area contributed by atoms with Crippen molar-refractivity contribution < 1.29 is 0 Å². The summed E-state index contributed by atoms with van der Waals surface area (Å²) in [5.41, 5.74) is 2.11. The van der Waals surface area contributed by atoms with Gasteiger partial charge in [-0.1, -0.05) is 20.8 Å². The van der Waals surface area contributed by atoms with E-state index in [1.165, 1.54) is 0 Å². The molecular weight excluding hydrogens is 210 g/mol. The lowest BCUT2D eigenvalue weighted by atomic mass is 9.88. The number of aromatic nitrogens is 2. The summed E-state index contributed by atoms with van der Waals surface area (Å²) in [6.07, 6.45) is 0. The standard InChI is InChI=1S/C14H25N3/c1-7-15-12(6)13(9(2)3)14-16-10(4)8-11(5)17-14/h8-9,12-13,15H,7H2,1-6H3. The number of rotatable bonds is 5. The number of likely N-dealkylation sites (N-methyl/N-ethyl adjacent to an activating group) is 1. The molecule has 0 aliphatic heterocycles. The fraction of sp³-hybridized carbons (Fsp3) is 0.714. The largest absolute Gasteiger partial charge is 0.314 e. The summed E-state index contributed by atoms with van der Waals surface area (Å²) in [4.78, 5) is 9.22. The highest BCUT2D eigenvalue weighted by Crippen LogP contribution is 2.25. The van der Waals surface area contributed by atoms with Crippen LogP contribution in [0.1, 0.15) is 50.8 Å². The van der Waals surface area contributed by atoms with E-state index in [0.717, 1.165) is 23.8 Å². The van der Waals surface area contributed by atoms with Crippen LogP contribution in [-0.4, -0.2) is 22.6 Å². The maximum absolute atomic E-state index is 4.61. The highest BCUT2D eigenvalue weighted by Gasteiger charge is 2.25. The first kappa shape index (κ1) is 14.1. The highest BCUT2D eigenvalue weighted by atomic mass is 15.0. The Morgan fingerprint density at radius 2 is 1.65 bits per heavy atom. The summed E-state index contributed by atoms with van der Waals surface area (Å²) >= 11 is 0. The molecule has 0 saturated carbocycles. The Morgan fingerprint density at radius 3 is 2.06 bits per heavy atom. The van der Waals surface area contributed by atoms with Crippen LogP contribution in [0.2, 0.25) is 0 Å². The first-order chi connectivity index (χ1) is 7.95. The Morgan fingerprint density at radius 1 is 1.12 bits per heavy atom. The second-order valence-electron chi connectivity index (χ2n) is 5.13. The van der Waals surface area contributed by atoms with Crippen molar-refractivity contribution >= 4 is 0 Å². The van der Waals surface area contributed by atoms with Crippen molar-refractivity contribution in [2.75, 3.05) is 6.54 Å². The molecule has 1 N–H and O–H groups in total. The quantitative estimate of drug-likeness (QED) is 0.853.